The number of allylic oxidation sites excluding steroid dienone is 1. The lowest BCUT2D eigenvalue weighted by Gasteiger charge is -2.35. The maximum atomic E-state index is 12.9. The van der Waals surface area contributed by atoms with Gasteiger partial charge in [0.2, 0.25) is 0 Å². The summed E-state index contributed by atoms with van der Waals surface area (Å²) in [5.41, 5.74) is 7.00. The van der Waals surface area contributed by atoms with Gasteiger partial charge in [0.15, 0.2) is 0 Å². The SMILES string of the molecule is CC1CN(Cc2ccc3c(c2)C=C(c2cc(NC(=O)c4cnn(Cc5ccccc5)c4)c[nH]c2=O)C3)CC(C)O1.[HH]. The highest BCUT2D eigenvalue weighted by atomic mass is 16.5. The molecule has 2 N–H and O–H groups in total. The summed E-state index contributed by atoms with van der Waals surface area (Å²) < 4.78 is 7.60. The summed E-state index contributed by atoms with van der Waals surface area (Å²) in [6, 6.07) is 18.3. The van der Waals surface area contributed by atoms with E-state index in [2.05, 4.69) is 58.4 Å². The maximum absolute atomic E-state index is 12.9. The van der Waals surface area contributed by atoms with E-state index < -0.39 is 0 Å². The van der Waals surface area contributed by atoms with E-state index in [1.54, 1.807) is 23.1 Å². The molecular formula is C32H35N5O3. The Hall–Kier alpha value is -4.27. The molecule has 2 aliphatic rings. The Balaban J connectivity index is 0.00000337. The van der Waals surface area contributed by atoms with Crippen molar-refractivity contribution in [3.8, 4) is 0 Å². The predicted molar refractivity (Wildman–Crippen MR) is 158 cm³/mol. The zero-order valence-electron chi connectivity index (χ0n) is 22.8. The first-order valence-corrected chi connectivity index (χ1v) is 13.7. The van der Waals surface area contributed by atoms with Crippen LogP contribution in [0.4, 0.5) is 5.69 Å². The van der Waals surface area contributed by atoms with Crippen molar-refractivity contribution in [2.75, 3.05) is 18.4 Å². The minimum atomic E-state index is -0.280. The van der Waals surface area contributed by atoms with Gasteiger partial charge in [-0.2, -0.15) is 5.10 Å². The molecule has 206 valence electrons. The lowest BCUT2D eigenvalue weighted by Crippen LogP contribution is -2.44. The van der Waals surface area contributed by atoms with Crippen LogP contribution in [-0.2, 0) is 24.2 Å². The molecule has 2 atom stereocenters. The minimum absolute atomic E-state index is 0. The number of amides is 1. The summed E-state index contributed by atoms with van der Waals surface area (Å²) in [5.74, 6) is -0.280. The van der Waals surface area contributed by atoms with Crippen molar-refractivity contribution in [2.45, 2.75) is 45.6 Å². The number of nitrogens with one attached hydrogen (secondary N) is 2. The normalized spacial score (nSPS) is 18.8. The van der Waals surface area contributed by atoms with Crippen LogP contribution in [0.3, 0.4) is 0 Å². The van der Waals surface area contributed by atoms with Gasteiger partial charge in [0.1, 0.15) is 0 Å². The number of morpholine rings is 1. The first-order valence-electron chi connectivity index (χ1n) is 13.7. The fraction of sp³-hybridized carbons (Fsp3) is 0.281. The number of aromatic amines is 1. The lowest BCUT2D eigenvalue weighted by atomic mass is 10.0. The Kier molecular flexibility index (Phi) is 7.19. The summed E-state index contributed by atoms with van der Waals surface area (Å²) in [5, 5.41) is 7.23. The highest BCUT2D eigenvalue weighted by Crippen LogP contribution is 2.32. The number of aromatic nitrogens is 3. The highest BCUT2D eigenvalue weighted by molar-refractivity contribution is 6.04. The maximum Gasteiger partial charge on any atom is 0.258 e. The van der Waals surface area contributed by atoms with Gasteiger partial charge in [-0.25, -0.2) is 0 Å². The Labute approximate surface area is 234 Å². The minimum Gasteiger partial charge on any atom is -0.373 e. The largest absolute Gasteiger partial charge is 0.373 e. The molecule has 40 heavy (non-hydrogen) atoms. The Morgan fingerprint density at radius 3 is 2.67 bits per heavy atom. The van der Waals surface area contributed by atoms with E-state index in [0.29, 0.717) is 29.8 Å². The second-order valence-corrected chi connectivity index (χ2v) is 10.8. The van der Waals surface area contributed by atoms with Crippen LogP contribution < -0.4 is 10.9 Å². The number of pyridine rings is 1. The fourth-order valence-corrected chi connectivity index (χ4v) is 5.66. The Morgan fingerprint density at radius 2 is 1.88 bits per heavy atom. The summed E-state index contributed by atoms with van der Waals surface area (Å²) in [6.07, 6.45) is 8.03. The standard InChI is InChI=1S/C32H33N5O3.H2/c1-21-16-36(17-22(2)40-21)18-24-8-9-25-11-27(12-26(25)10-24)30-13-29(15-33-32(30)39)35-31(38)28-14-34-37(20-28)19-23-6-4-3-5-7-23;/h3-10,12-15,20-22H,11,16-19H2,1-2H3,(H,33,39)(H,35,38);1H. The van der Waals surface area contributed by atoms with Crippen LogP contribution in [0.2, 0.25) is 0 Å². The zero-order chi connectivity index (χ0) is 27.6. The molecule has 1 saturated heterocycles. The summed E-state index contributed by atoms with van der Waals surface area (Å²) >= 11 is 0. The molecule has 8 nitrogen and oxygen atoms in total. The first kappa shape index (κ1) is 26.0. The molecule has 1 amide bonds. The molecular weight excluding hydrogens is 502 g/mol. The molecule has 0 radical (unpaired) electrons. The summed E-state index contributed by atoms with van der Waals surface area (Å²) in [7, 11) is 0. The van der Waals surface area contributed by atoms with Crippen LogP contribution >= 0.6 is 0 Å². The molecule has 0 spiro atoms. The van der Waals surface area contributed by atoms with Crippen molar-refractivity contribution in [1.82, 2.24) is 19.7 Å². The van der Waals surface area contributed by atoms with Crippen LogP contribution in [0.15, 0.2) is 78.0 Å². The number of carbonyl (C=O) groups excluding carboxylic acids is 1. The van der Waals surface area contributed by atoms with E-state index in [4.69, 9.17) is 4.74 Å². The number of ether oxygens (including phenoxy) is 1. The van der Waals surface area contributed by atoms with Crippen molar-refractivity contribution in [2.24, 2.45) is 0 Å². The van der Waals surface area contributed by atoms with Gasteiger partial charge in [-0.3, -0.25) is 19.2 Å². The van der Waals surface area contributed by atoms with Crippen LogP contribution in [0.5, 0.6) is 0 Å². The van der Waals surface area contributed by atoms with Gasteiger partial charge in [-0.05, 0) is 54.2 Å². The monoisotopic (exact) mass is 537 g/mol. The van der Waals surface area contributed by atoms with Crippen molar-refractivity contribution in [3.63, 3.8) is 0 Å². The topological polar surface area (TPSA) is 92.3 Å². The number of nitrogens with zero attached hydrogens (tertiary/aromatic N) is 3. The van der Waals surface area contributed by atoms with E-state index in [0.717, 1.165) is 36.3 Å². The molecule has 0 bridgehead atoms. The van der Waals surface area contributed by atoms with Gasteiger partial charge in [0.05, 0.1) is 36.2 Å². The van der Waals surface area contributed by atoms with E-state index >= 15 is 0 Å². The van der Waals surface area contributed by atoms with E-state index in [1.807, 2.05) is 30.3 Å². The van der Waals surface area contributed by atoms with Gasteiger partial charge >= 0.3 is 0 Å². The van der Waals surface area contributed by atoms with Crippen molar-refractivity contribution in [3.05, 3.63) is 117 Å². The van der Waals surface area contributed by atoms with Crippen LogP contribution in [0, 0.1) is 0 Å². The molecule has 2 aromatic heterocycles. The van der Waals surface area contributed by atoms with E-state index in [9.17, 15) is 9.59 Å². The predicted octanol–water partition coefficient (Wildman–Crippen LogP) is 4.82. The van der Waals surface area contributed by atoms with Crippen molar-refractivity contribution < 1.29 is 11.0 Å². The third-order valence-electron chi connectivity index (χ3n) is 7.41. The molecule has 2 aromatic carbocycles. The number of H-pyrrole nitrogens is 1. The van der Waals surface area contributed by atoms with Crippen LogP contribution in [0.1, 0.15) is 53.4 Å². The van der Waals surface area contributed by atoms with Gasteiger partial charge in [0.25, 0.3) is 11.5 Å². The third-order valence-corrected chi connectivity index (χ3v) is 7.41. The molecule has 1 aliphatic carbocycles. The van der Waals surface area contributed by atoms with Crippen molar-refractivity contribution in [1.29, 1.82) is 0 Å². The molecule has 1 fully saturated rings. The quantitative estimate of drug-likeness (QED) is 0.353. The second kappa shape index (κ2) is 11.1. The highest BCUT2D eigenvalue weighted by Gasteiger charge is 2.23. The summed E-state index contributed by atoms with van der Waals surface area (Å²) in [4.78, 5) is 31.0. The van der Waals surface area contributed by atoms with Crippen molar-refractivity contribution >= 4 is 23.2 Å². The Bertz CT molecular complexity index is 1620. The number of hydrogen-bond acceptors (Lipinski definition) is 5. The van der Waals surface area contributed by atoms with Gasteiger partial charge in [0, 0.05) is 39.0 Å². The number of benzene rings is 2. The average molecular weight is 538 g/mol. The zero-order valence-corrected chi connectivity index (χ0v) is 22.8. The second-order valence-electron chi connectivity index (χ2n) is 10.8. The fourth-order valence-electron chi connectivity index (χ4n) is 5.66. The number of carbonyl (C=O) groups is 1. The lowest BCUT2D eigenvalue weighted by molar-refractivity contribution is -0.0704. The molecule has 0 saturated carbocycles. The Morgan fingerprint density at radius 1 is 1.07 bits per heavy atom. The van der Waals surface area contributed by atoms with E-state index in [1.165, 1.54) is 17.3 Å². The third kappa shape index (κ3) is 5.83. The van der Waals surface area contributed by atoms with Crippen LogP contribution in [0.25, 0.3) is 11.6 Å². The molecule has 8 heteroatoms. The molecule has 3 heterocycles. The molecule has 2 unspecified atom stereocenters. The van der Waals surface area contributed by atoms with Crippen LogP contribution in [-0.4, -0.2) is 50.9 Å². The molecule has 6 rings (SSSR count). The first-order chi connectivity index (χ1) is 19.4. The smallest absolute Gasteiger partial charge is 0.258 e. The van der Waals surface area contributed by atoms with E-state index in [-0.39, 0.29) is 25.1 Å². The molecule has 4 aromatic rings. The van der Waals surface area contributed by atoms with Gasteiger partial charge < -0.3 is 15.0 Å². The number of anilines is 1. The average Bonchev–Trinajstić information content (AvgIpc) is 3.57. The number of fused-ring (bicyclic) bond motifs is 1. The summed E-state index contributed by atoms with van der Waals surface area (Å²) in [6.45, 7) is 7.53. The van der Waals surface area contributed by atoms with Gasteiger partial charge in [-0.15, -0.1) is 0 Å². The molecule has 1 aliphatic heterocycles. The van der Waals surface area contributed by atoms with Gasteiger partial charge in [-0.1, -0.05) is 54.6 Å². The number of rotatable bonds is 7. The number of hydrogen-bond donors (Lipinski definition) is 2.